The fourth-order valence-corrected chi connectivity index (χ4v) is 5.16. The van der Waals surface area contributed by atoms with Crippen LogP contribution in [0.5, 0.6) is 0 Å². The number of nitrogens with one attached hydrogen (secondary N) is 1. The molecule has 1 saturated carbocycles. The largest absolute Gasteiger partial charge is 0.353 e. The molecule has 0 radical (unpaired) electrons. The number of carbonyl (C=O) groups is 1. The van der Waals surface area contributed by atoms with E-state index in [0.29, 0.717) is 34.2 Å². The molecule has 0 aliphatic heterocycles. The van der Waals surface area contributed by atoms with Crippen molar-refractivity contribution in [2.45, 2.75) is 62.6 Å². The van der Waals surface area contributed by atoms with Crippen molar-refractivity contribution in [1.82, 2.24) is 14.9 Å². The van der Waals surface area contributed by atoms with Crippen LogP contribution in [-0.2, 0) is 4.79 Å². The number of halogens is 1. The number of amides is 1. The van der Waals surface area contributed by atoms with Crippen molar-refractivity contribution in [1.29, 1.82) is 0 Å². The molecule has 0 atom stereocenters. The Morgan fingerprint density at radius 3 is 2.72 bits per heavy atom. The third-order valence-corrected chi connectivity index (χ3v) is 6.84. The van der Waals surface area contributed by atoms with Gasteiger partial charge in [0.2, 0.25) is 5.91 Å². The fourth-order valence-electron chi connectivity index (χ4n) is 4.15. The van der Waals surface area contributed by atoms with Gasteiger partial charge in [0.1, 0.15) is 5.82 Å². The van der Waals surface area contributed by atoms with Crippen molar-refractivity contribution >= 4 is 28.6 Å². The number of aromatic nitrogens is 2. The van der Waals surface area contributed by atoms with Crippen LogP contribution in [0.3, 0.4) is 0 Å². The first-order valence-electron chi connectivity index (χ1n) is 11.3. The van der Waals surface area contributed by atoms with Gasteiger partial charge in [-0.1, -0.05) is 49.2 Å². The Morgan fingerprint density at radius 1 is 1.09 bits per heavy atom. The van der Waals surface area contributed by atoms with Gasteiger partial charge in [0, 0.05) is 18.2 Å². The highest BCUT2D eigenvalue weighted by atomic mass is 32.2. The highest BCUT2D eigenvalue weighted by Crippen LogP contribution is 2.23. The standard InChI is InChI=1S/C25H28FN3O2S/c26-18-9-8-12-20(17-18)29-24(31)21-13-4-5-14-22(21)28-25(29)32-16-7-6-15-23(30)27-19-10-2-1-3-11-19/h4-5,8-9,12-14,17,19H,1-3,6-7,10-11,15-16H2,(H,27,30). The molecule has 2 aromatic carbocycles. The first-order valence-corrected chi connectivity index (χ1v) is 12.3. The Kier molecular flexibility index (Phi) is 7.58. The van der Waals surface area contributed by atoms with Gasteiger partial charge in [0.25, 0.3) is 5.56 Å². The minimum Gasteiger partial charge on any atom is -0.353 e. The van der Waals surface area contributed by atoms with Gasteiger partial charge in [-0.25, -0.2) is 9.37 Å². The molecular weight excluding hydrogens is 425 g/mol. The molecule has 5 nitrogen and oxygen atoms in total. The maximum atomic E-state index is 13.8. The van der Waals surface area contributed by atoms with Gasteiger partial charge in [0.15, 0.2) is 5.16 Å². The number of unbranched alkanes of at least 4 members (excludes halogenated alkanes) is 1. The zero-order valence-corrected chi connectivity index (χ0v) is 18.9. The number of nitrogens with zero attached hydrogens (tertiary/aromatic N) is 2. The van der Waals surface area contributed by atoms with E-state index >= 15 is 0 Å². The first kappa shape index (κ1) is 22.5. The Bertz CT molecular complexity index is 1140. The summed E-state index contributed by atoms with van der Waals surface area (Å²) < 4.78 is 15.3. The summed E-state index contributed by atoms with van der Waals surface area (Å²) in [6.07, 6.45) is 7.98. The summed E-state index contributed by atoms with van der Waals surface area (Å²) in [7, 11) is 0. The smallest absolute Gasteiger partial charge is 0.266 e. The van der Waals surface area contributed by atoms with Gasteiger partial charge in [-0.05, 0) is 56.0 Å². The number of thioether (sulfide) groups is 1. The molecule has 1 fully saturated rings. The molecule has 32 heavy (non-hydrogen) atoms. The van der Waals surface area contributed by atoms with Crippen molar-refractivity contribution in [3.8, 4) is 5.69 Å². The van der Waals surface area contributed by atoms with Gasteiger partial charge >= 0.3 is 0 Å². The number of hydrogen-bond acceptors (Lipinski definition) is 4. The van der Waals surface area contributed by atoms with E-state index in [-0.39, 0.29) is 11.5 Å². The van der Waals surface area contributed by atoms with E-state index in [1.807, 2.05) is 12.1 Å². The molecule has 7 heteroatoms. The van der Waals surface area contributed by atoms with E-state index < -0.39 is 5.82 Å². The van der Waals surface area contributed by atoms with E-state index in [4.69, 9.17) is 0 Å². The normalized spacial score (nSPS) is 14.5. The Balaban J connectivity index is 1.41. The molecule has 1 aliphatic carbocycles. The molecule has 1 N–H and O–H groups in total. The molecule has 0 unspecified atom stereocenters. The maximum absolute atomic E-state index is 13.8. The van der Waals surface area contributed by atoms with Crippen LogP contribution in [-0.4, -0.2) is 27.3 Å². The van der Waals surface area contributed by atoms with Crippen LogP contribution in [0, 0.1) is 5.82 Å². The number of carbonyl (C=O) groups excluding carboxylic acids is 1. The summed E-state index contributed by atoms with van der Waals surface area (Å²) in [4.78, 5) is 30.0. The molecule has 1 amide bonds. The predicted molar refractivity (Wildman–Crippen MR) is 127 cm³/mol. The molecular formula is C25H28FN3O2S. The van der Waals surface area contributed by atoms with Crippen molar-refractivity contribution in [2.24, 2.45) is 0 Å². The molecule has 1 heterocycles. The van der Waals surface area contributed by atoms with Crippen LogP contribution in [0.25, 0.3) is 16.6 Å². The summed E-state index contributed by atoms with van der Waals surface area (Å²) in [6, 6.07) is 13.5. The molecule has 0 spiro atoms. The third-order valence-electron chi connectivity index (χ3n) is 5.81. The van der Waals surface area contributed by atoms with Crippen LogP contribution in [0.1, 0.15) is 51.4 Å². The molecule has 1 aliphatic rings. The SMILES string of the molecule is O=C(CCCCSc1nc2ccccc2c(=O)n1-c1cccc(F)c1)NC1CCCCC1. The molecule has 168 valence electrons. The van der Waals surface area contributed by atoms with Crippen LogP contribution in [0.4, 0.5) is 4.39 Å². The summed E-state index contributed by atoms with van der Waals surface area (Å²) in [5, 5.41) is 4.19. The highest BCUT2D eigenvalue weighted by molar-refractivity contribution is 7.99. The molecule has 0 bridgehead atoms. The van der Waals surface area contributed by atoms with E-state index in [0.717, 1.165) is 31.4 Å². The Morgan fingerprint density at radius 2 is 1.91 bits per heavy atom. The number of hydrogen-bond donors (Lipinski definition) is 1. The summed E-state index contributed by atoms with van der Waals surface area (Å²) in [6.45, 7) is 0. The Labute approximate surface area is 191 Å². The zero-order valence-electron chi connectivity index (χ0n) is 18.1. The van der Waals surface area contributed by atoms with E-state index in [1.165, 1.54) is 47.7 Å². The van der Waals surface area contributed by atoms with Crippen molar-refractivity contribution in [2.75, 3.05) is 5.75 Å². The predicted octanol–water partition coefficient (Wildman–Crippen LogP) is 5.24. The minimum absolute atomic E-state index is 0.127. The number of benzene rings is 2. The lowest BCUT2D eigenvalue weighted by molar-refractivity contribution is -0.122. The van der Waals surface area contributed by atoms with Gasteiger partial charge in [-0.3, -0.25) is 14.2 Å². The molecule has 4 rings (SSSR count). The fraction of sp³-hybridized carbons (Fsp3) is 0.400. The topological polar surface area (TPSA) is 64.0 Å². The molecule has 0 saturated heterocycles. The summed E-state index contributed by atoms with van der Waals surface area (Å²) in [5.41, 5.74) is 0.873. The number of fused-ring (bicyclic) bond motifs is 1. The molecule has 3 aromatic rings. The van der Waals surface area contributed by atoms with Gasteiger partial charge < -0.3 is 5.32 Å². The summed E-state index contributed by atoms with van der Waals surface area (Å²) >= 11 is 1.46. The van der Waals surface area contributed by atoms with E-state index in [2.05, 4.69) is 10.3 Å². The van der Waals surface area contributed by atoms with E-state index in [9.17, 15) is 14.0 Å². The van der Waals surface area contributed by atoms with Crippen molar-refractivity contribution in [3.05, 3.63) is 64.7 Å². The van der Waals surface area contributed by atoms with Gasteiger partial charge in [-0.15, -0.1) is 0 Å². The monoisotopic (exact) mass is 453 g/mol. The third kappa shape index (κ3) is 5.57. The van der Waals surface area contributed by atoms with Crippen LogP contribution in [0.2, 0.25) is 0 Å². The summed E-state index contributed by atoms with van der Waals surface area (Å²) in [5.74, 6) is 0.446. The van der Waals surface area contributed by atoms with Crippen LogP contribution < -0.4 is 10.9 Å². The lowest BCUT2D eigenvalue weighted by atomic mass is 9.95. The second-order valence-electron chi connectivity index (χ2n) is 8.24. The van der Waals surface area contributed by atoms with E-state index in [1.54, 1.807) is 24.3 Å². The van der Waals surface area contributed by atoms with Gasteiger partial charge in [0.05, 0.1) is 16.6 Å². The zero-order chi connectivity index (χ0) is 22.3. The van der Waals surface area contributed by atoms with Crippen LogP contribution in [0.15, 0.2) is 58.5 Å². The molecule has 1 aromatic heterocycles. The quantitative estimate of drug-likeness (QED) is 0.288. The number of para-hydroxylation sites is 1. The highest BCUT2D eigenvalue weighted by Gasteiger charge is 2.16. The minimum atomic E-state index is -0.400. The maximum Gasteiger partial charge on any atom is 0.266 e. The van der Waals surface area contributed by atoms with Gasteiger partial charge in [-0.2, -0.15) is 0 Å². The first-order chi connectivity index (χ1) is 15.6. The van der Waals surface area contributed by atoms with Crippen LogP contribution >= 0.6 is 11.8 Å². The second kappa shape index (κ2) is 10.8. The van der Waals surface area contributed by atoms with Crippen molar-refractivity contribution < 1.29 is 9.18 Å². The van der Waals surface area contributed by atoms with Crippen molar-refractivity contribution in [3.63, 3.8) is 0 Å². The second-order valence-corrected chi connectivity index (χ2v) is 9.30. The number of rotatable bonds is 8. The lowest BCUT2D eigenvalue weighted by Gasteiger charge is -2.22. The average molecular weight is 454 g/mol. The Hall–Kier alpha value is -2.67. The average Bonchev–Trinajstić information content (AvgIpc) is 2.79. The lowest BCUT2D eigenvalue weighted by Crippen LogP contribution is -2.35.